The Morgan fingerprint density at radius 3 is 1.23 bits per heavy atom. The quantitative estimate of drug-likeness (QED) is 0.152. The van der Waals surface area contributed by atoms with Gasteiger partial charge in [-0.05, 0) is 142 Å². The number of benzene rings is 9. The minimum Gasteiger partial charge on any atom is -0.0622 e. The standard InChI is InChI=1S/C27H19Br.C27H21Br/c1-27(2)25-13-16(28)11-12-21(25)24-14-22-19-9-5-3-7-17(19)18-8-4-6-10-20(18)23(22)15-26(24)27;1-27(2)25-16-19(12-14-23(25)24-15-13-20(28)17-26(24)27)22-11-7-6-10-21(22)18-8-4-3-5-9-18/h3-15H,1-2H3;3-17H,1-2H3. The molecule has 0 heterocycles. The summed E-state index contributed by atoms with van der Waals surface area (Å²) in [7, 11) is 0. The second-order valence-electron chi connectivity index (χ2n) is 16.3. The minimum atomic E-state index is -0.00779. The Kier molecular flexibility index (Phi) is 8.26. The summed E-state index contributed by atoms with van der Waals surface area (Å²) in [5.41, 5.74) is 16.1. The Morgan fingerprint density at radius 2 is 0.679 bits per heavy atom. The van der Waals surface area contributed by atoms with Crippen LogP contribution in [0.1, 0.15) is 49.9 Å². The second-order valence-corrected chi connectivity index (χ2v) is 18.2. The number of fused-ring (bicyclic) bond motifs is 12. The summed E-state index contributed by atoms with van der Waals surface area (Å²) in [5, 5.41) is 8.04. The first-order valence-electron chi connectivity index (χ1n) is 19.4. The summed E-state index contributed by atoms with van der Waals surface area (Å²) in [6, 6.07) is 62.2. The summed E-state index contributed by atoms with van der Waals surface area (Å²) in [6.45, 7) is 9.35. The van der Waals surface area contributed by atoms with Crippen LogP contribution in [-0.2, 0) is 10.8 Å². The molecule has 0 saturated carbocycles. The lowest BCUT2D eigenvalue weighted by Gasteiger charge is -2.22. The van der Waals surface area contributed by atoms with Crippen LogP contribution in [0.25, 0.3) is 76.8 Å². The fourth-order valence-electron chi connectivity index (χ4n) is 9.59. The number of hydrogen-bond acceptors (Lipinski definition) is 0. The molecule has 9 aromatic carbocycles. The van der Waals surface area contributed by atoms with Crippen molar-refractivity contribution in [2.75, 3.05) is 0 Å². The van der Waals surface area contributed by atoms with Crippen LogP contribution in [0.2, 0.25) is 0 Å². The molecule has 0 aliphatic heterocycles. The number of halogens is 2. The van der Waals surface area contributed by atoms with Gasteiger partial charge in [0.15, 0.2) is 0 Å². The Bertz CT molecular complexity index is 3040. The Morgan fingerprint density at radius 1 is 0.286 bits per heavy atom. The topological polar surface area (TPSA) is 0 Å². The normalized spacial score (nSPS) is 14.2. The minimum absolute atomic E-state index is 0.00458. The van der Waals surface area contributed by atoms with Gasteiger partial charge in [-0.25, -0.2) is 0 Å². The SMILES string of the molecule is CC1(C)c2cc(Br)ccc2-c2cc3c4ccccc4c4ccccc4c3cc21.CC1(C)c2cc(Br)ccc2-c2ccc(-c3ccccc3-c3ccccc3)cc21. The van der Waals surface area contributed by atoms with Crippen molar-refractivity contribution < 1.29 is 0 Å². The first kappa shape index (κ1) is 35.2. The van der Waals surface area contributed by atoms with Crippen molar-refractivity contribution in [2.24, 2.45) is 0 Å². The Labute approximate surface area is 346 Å². The molecule has 0 aromatic heterocycles. The molecule has 0 spiro atoms. The molecule has 0 unspecified atom stereocenters. The molecule has 9 aromatic rings. The molecule has 0 amide bonds. The van der Waals surface area contributed by atoms with Gasteiger partial charge in [-0.3, -0.25) is 0 Å². The highest BCUT2D eigenvalue weighted by molar-refractivity contribution is 9.10. The van der Waals surface area contributed by atoms with Crippen LogP contribution in [0.5, 0.6) is 0 Å². The average molecular weight is 849 g/mol. The van der Waals surface area contributed by atoms with E-state index in [-0.39, 0.29) is 10.8 Å². The number of hydrogen-bond donors (Lipinski definition) is 0. The lowest BCUT2D eigenvalue weighted by Crippen LogP contribution is -2.15. The van der Waals surface area contributed by atoms with Crippen molar-refractivity contribution in [3.63, 3.8) is 0 Å². The van der Waals surface area contributed by atoms with E-state index in [4.69, 9.17) is 0 Å². The van der Waals surface area contributed by atoms with Crippen molar-refractivity contribution in [3.05, 3.63) is 201 Å². The molecule has 0 atom stereocenters. The molecule has 2 aliphatic rings. The molecule has 0 saturated heterocycles. The van der Waals surface area contributed by atoms with Gasteiger partial charge in [-0.1, -0.05) is 187 Å². The lowest BCUT2D eigenvalue weighted by atomic mass is 9.81. The summed E-state index contributed by atoms with van der Waals surface area (Å²) >= 11 is 7.32. The van der Waals surface area contributed by atoms with E-state index in [1.54, 1.807) is 0 Å². The van der Waals surface area contributed by atoms with Crippen molar-refractivity contribution in [2.45, 2.75) is 38.5 Å². The molecular formula is C54H40Br2. The predicted octanol–water partition coefficient (Wildman–Crippen LogP) is 16.3. The molecule has 0 nitrogen and oxygen atoms in total. The zero-order valence-electron chi connectivity index (χ0n) is 31.9. The van der Waals surface area contributed by atoms with Gasteiger partial charge in [-0.15, -0.1) is 0 Å². The van der Waals surface area contributed by atoms with E-state index in [9.17, 15) is 0 Å². The van der Waals surface area contributed by atoms with Crippen molar-refractivity contribution in [1.29, 1.82) is 0 Å². The zero-order chi connectivity index (χ0) is 38.3. The third-order valence-electron chi connectivity index (χ3n) is 12.5. The highest BCUT2D eigenvalue weighted by atomic mass is 79.9. The monoisotopic (exact) mass is 846 g/mol. The first-order valence-corrected chi connectivity index (χ1v) is 21.0. The van der Waals surface area contributed by atoms with E-state index in [1.165, 1.54) is 99.1 Å². The van der Waals surface area contributed by atoms with E-state index >= 15 is 0 Å². The molecule has 2 aliphatic carbocycles. The van der Waals surface area contributed by atoms with Gasteiger partial charge in [0, 0.05) is 19.8 Å². The van der Waals surface area contributed by atoms with Crippen molar-refractivity contribution >= 4 is 64.2 Å². The van der Waals surface area contributed by atoms with Crippen LogP contribution < -0.4 is 0 Å². The molecule has 11 rings (SSSR count). The van der Waals surface area contributed by atoms with Crippen LogP contribution in [-0.4, -0.2) is 0 Å². The van der Waals surface area contributed by atoms with Gasteiger partial charge in [0.25, 0.3) is 0 Å². The van der Waals surface area contributed by atoms with Crippen LogP contribution >= 0.6 is 31.9 Å². The van der Waals surface area contributed by atoms with Crippen LogP contribution in [0.3, 0.4) is 0 Å². The van der Waals surface area contributed by atoms with Gasteiger partial charge >= 0.3 is 0 Å². The molecule has 56 heavy (non-hydrogen) atoms. The molecule has 270 valence electrons. The van der Waals surface area contributed by atoms with Crippen molar-refractivity contribution in [3.8, 4) is 44.5 Å². The van der Waals surface area contributed by atoms with Crippen LogP contribution in [0.15, 0.2) is 179 Å². The van der Waals surface area contributed by atoms with E-state index in [2.05, 4.69) is 229 Å². The maximum Gasteiger partial charge on any atom is 0.0178 e. The van der Waals surface area contributed by atoms with E-state index < -0.39 is 0 Å². The Balaban J connectivity index is 0.000000137. The van der Waals surface area contributed by atoms with E-state index in [0.717, 1.165) is 8.95 Å². The highest BCUT2D eigenvalue weighted by Crippen LogP contribution is 2.53. The molecule has 0 radical (unpaired) electrons. The molecule has 0 N–H and O–H groups in total. The second kappa shape index (κ2) is 13.2. The molecule has 0 fully saturated rings. The first-order chi connectivity index (χ1) is 27.1. The Hall–Kier alpha value is -5.28. The van der Waals surface area contributed by atoms with Crippen molar-refractivity contribution in [1.82, 2.24) is 0 Å². The van der Waals surface area contributed by atoms with Gasteiger partial charge in [0.2, 0.25) is 0 Å². The van der Waals surface area contributed by atoms with Gasteiger partial charge in [0.1, 0.15) is 0 Å². The fourth-order valence-corrected chi connectivity index (χ4v) is 10.3. The summed E-state index contributed by atoms with van der Waals surface area (Å²) < 4.78 is 2.29. The smallest absolute Gasteiger partial charge is 0.0178 e. The predicted molar refractivity (Wildman–Crippen MR) is 247 cm³/mol. The maximum absolute atomic E-state index is 3.67. The summed E-state index contributed by atoms with van der Waals surface area (Å²) in [5.74, 6) is 0. The largest absolute Gasteiger partial charge is 0.0622 e. The number of rotatable bonds is 2. The summed E-state index contributed by atoms with van der Waals surface area (Å²) in [6.07, 6.45) is 0. The third-order valence-corrected chi connectivity index (χ3v) is 13.4. The van der Waals surface area contributed by atoms with Gasteiger partial charge < -0.3 is 0 Å². The van der Waals surface area contributed by atoms with Crippen LogP contribution in [0, 0.1) is 0 Å². The maximum atomic E-state index is 3.67. The fraction of sp³-hybridized carbons (Fsp3) is 0.111. The van der Waals surface area contributed by atoms with Crippen LogP contribution in [0.4, 0.5) is 0 Å². The zero-order valence-corrected chi connectivity index (χ0v) is 35.1. The molecule has 0 bridgehead atoms. The van der Waals surface area contributed by atoms with Gasteiger partial charge in [0.05, 0.1) is 0 Å². The van der Waals surface area contributed by atoms with E-state index in [1.807, 2.05) is 0 Å². The van der Waals surface area contributed by atoms with Gasteiger partial charge in [-0.2, -0.15) is 0 Å². The van der Waals surface area contributed by atoms with E-state index in [0.29, 0.717) is 0 Å². The lowest BCUT2D eigenvalue weighted by molar-refractivity contribution is 0.660. The summed E-state index contributed by atoms with van der Waals surface area (Å²) in [4.78, 5) is 0. The third kappa shape index (κ3) is 5.45. The molecular weight excluding hydrogens is 808 g/mol. The highest BCUT2D eigenvalue weighted by Gasteiger charge is 2.37. The molecule has 2 heteroatoms. The average Bonchev–Trinajstić information content (AvgIpc) is 3.58.